The summed E-state index contributed by atoms with van der Waals surface area (Å²) in [5, 5.41) is 19.5. The molecule has 0 unspecified atom stereocenters. The van der Waals surface area contributed by atoms with E-state index in [1.54, 1.807) is 58.0 Å². The molecule has 16 heteroatoms. The number of nitrogens with zero attached hydrogens (tertiary/aromatic N) is 2. The van der Waals surface area contributed by atoms with Gasteiger partial charge in [0.25, 0.3) is 5.91 Å². The van der Waals surface area contributed by atoms with Gasteiger partial charge >= 0.3 is 11.9 Å². The van der Waals surface area contributed by atoms with Crippen molar-refractivity contribution >= 4 is 53.1 Å². The van der Waals surface area contributed by atoms with Crippen molar-refractivity contribution in [3.63, 3.8) is 0 Å². The first-order chi connectivity index (χ1) is 28.0. The van der Waals surface area contributed by atoms with Crippen LogP contribution in [0.15, 0.2) is 47.6 Å². The van der Waals surface area contributed by atoms with E-state index in [0.29, 0.717) is 22.6 Å². The molecule has 2 rings (SSSR count). The van der Waals surface area contributed by atoms with Gasteiger partial charge in [0.15, 0.2) is 6.10 Å². The van der Waals surface area contributed by atoms with Crippen LogP contribution in [0.5, 0.6) is 0 Å². The molecule has 0 aliphatic carbocycles. The van der Waals surface area contributed by atoms with Crippen LogP contribution in [-0.2, 0) is 49.5 Å². The number of halogens is 1. The number of likely N-dealkylation sites (N-methyl/N-ethyl adjacent to an activating group) is 2. The van der Waals surface area contributed by atoms with Crippen LogP contribution in [0.25, 0.3) is 0 Å². The maximum Gasteiger partial charge on any atom is 0.334 e. The van der Waals surface area contributed by atoms with Crippen molar-refractivity contribution in [3.05, 3.63) is 58.1 Å². The highest BCUT2D eigenvalue weighted by Crippen LogP contribution is 2.23. The monoisotopic (exact) mass is 859 g/mol. The Labute approximate surface area is 360 Å². The van der Waals surface area contributed by atoms with E-state index in [1.807, 2.05) is 20.8 Å². The molecule has 0 saturated heterocycles. The molecular weight excluding hydrogens is 794 g/mol. The fraction of sp³-hybridized carbons (Fsp3) is 0.614. The topological polar surface area (TPSA) is 201 Å². The maximum absolute atomic E-state index is 14.1. The van der Waals surface area contributed by atoms with Crippen LogP contribution in [-0.4, -0.2) is 120 Å². The zero-order chi connectivity index (χ0) is 45.6. The zero-order valence-electron chi connectivity index (χ0n) is 37.2. The molecule has 1 heterocycles. The molecule has 0 spiro atoms. The van der Waals surface area contributed by atoms with Gasteiger partial charge < -0.3 is 40.3 Å². The number of hydrogen-bond donors (Lipinski definition) is 4. The summed E-state index contributed by atoms with van der Waals surface area (Å²) in [5.74, 6) is -6.06. The summed E-state index contributed by atoms with van der Waals surface area (Å²) in [5.41, 5.74) is 1.39. The van der Waals surface area contributed by atoms with E-state index in [2.05, 4.69) is 16.0 Å². The zero-order valence-corrected chi connectivity index (χ0v) is 37.9. The second-order valence-corrected chi connectivity index (χ2v) is 16.8. The van der Waals surface area contributed by atoms with Crippen LogP contribution in [0.1, 0.15) is 94.1 Å². The number of nitrogens with one attached hydrogen (secondary N) is 3. The number of esters is 2. The minimum Gasteiger partial charge on any atom is -0.460 e. The third kappa shape index (κ3) is 15.1. The lowest BCUT2D eigenvalue weighted by Gasteiger charge is -2.33. The first kappa shape index (κ1) is 51.4. The molecule has 60 heavy (non-hydrogen) atoms. The number of ether oxygens (including phenoxy) is 2. The molecule has 334 valence electrons. The van der Waals surface area contributed by atoms with Crippen molar-refractivity contribution in [3.8, 4) is 0 Å². The molecule has 5 amide bonds. The lowest BCUT2D eigenvalue weighted by Crippen LogP contribution is -2.57. The van der Waals surface area contributed by atoms with Crippen molar-refractivity contribution in [2.45, 2.75) is 137 Å². The molecular formula is C44H66ClN5O10. The van der Waals surface area contributed by atoms with Crippen LogP contribution in [0.3, 0.4) is 0 Å². The predicted octanol–water partition coefficient (Wildman–Crippen LogP) is 3.89. The van der Waals surface area contributed by atoms with Crippen LogP contribution in [0, 0.1) is 17.8 Å². The van der Waals surface area contributed by atoms with Gasteiger partial charge in [0.2, 0.25) is 23.6 Å². The molecule has 1 aromatic rings. The quantitative estimate of drug-likeness (QED) is 0.209. The number of carbonyl (C=O) groups excluding carboxylic acids is 7. The van der Waals surface area contributed by atoms with Gasteiger partial charge in [-0.25, -0.2) is 9.59 Å². The molecule has 0 aromatic heterocycles. The molecule has 1 aliphatic rings. The van der Waals surface area contributed by atoms with Gasteiger partial charge in [-0.15, -0.1) is 0 Å². The van der Waals surface area contributed by atoms with Gasteiger partial charge in [0, 0.05) is 43.5 Å². The molecule has 0 fully saturated rings. The average Bonchev–Trinajstić information content (AvgIpc) is 3.20. The number of benzene rings is 1. The first-order valence-corrected chi connectivity index (χ1v) is 21.0. The van der Waals surface area contributed by atoms with E-state index in [0.717, 1.165) is 4.90 Å². The number of hydrogen-bond acceptors (Lipinski definition) is 10. The molecule has 1 aliphatic heterocycles. The Balaban J connectivity index is 2.66. The summed E-state index contributed by atoms with van der Waals surface area (Å²) in [6, 6.07) is 2.09. The van der Waals surface area contributed by atoms with Crippen molar-refractivity contribution in [2.75, 3.05) is 20.6 Å². The molecule has 9 atom stereocenters. The smallest absolute Gasteiger partial charge is 0.334 e. The van der Waals surface area contributed by atoms with Crippen LogP contribution >= 0.6 is 11.6 Å². The Kier molecular flexibility index (Phi) is 20.4. The molecule has 0 bridgehead atoms. The lowest BCUT2D eigenvalue weighted by molar-refractivity contribution is -0.156. The van der Waals surface area contributed by atoms with Crippen LogP contribution < -0.4 is 16.0 Å². The van der Waals surface area contributed by atoms with E-state index in [9.17, 15) is 38.7 Å². The van der Waals surface area contributed by atoms with E-state index in [1.165, 1.54) is 45.8 Å². The first-order valence-electron chi connectivity index (χ1n) is 20.6. The fourth-order valence-corrected chi connectivity index (χ4v) is 6.66. The number of allylic oxidation sites excluding steroid dienone is 1. The Morgan fingerprint density at radius 2 is 1.52 bits per heavy atom. The molecule has 1 aromatic carbocycles. The lowest BCUT2D eigenvalue weighted by atomic mass is 9.90. The van der Waals surface area contributed by atoms with E-state index < -0.39 is 102 Å². The Bertz CT molecular complexity index is 1750. The molecule has 15 nitrogen and oxygen atoms in total. The largest absolute Gasteiger partial charge is 0.460 e. The van der Waals surface area contributed by atoms with Crippen molar-refractivity contribution in [2.24, 2.45) is 17.8 Å². The number of amides is 5. The second-order valence-electron chi connectivity index (χ2n) is 16.3. The van der Waals surface area contributed by atoms with Gasteiger partial charge in [0.05, 0.1) is 12.6 Å². The number of aliphatic hydroxyl groups excluding tert-OH is 1. The summed E-state index contributed by atoms with van der Waals surface area (Å²) in [6.07, 6.45) is 0.535. The highest BCUT2D eigenvalue weighted by molar-refractivity contribution is 6.30. The number of carbonyl (C=O) groups is 7. The maximum atomic E-state index is 14.1. The highest BCUT2D eigenvalue weighted by Gasteiger charge is 2.36. The van der Waals surface area contributed by atoms with Gasteiger partial charge in [-0.1, -0.05) is 76.9 Å². The van der Waals surface area contributed by atoms with E-state index >= 15 is 0 Å². The van der Waals surface area contributed by atoms with Gasteiger partial charge in [-0.2, -0.15) is 0 Å². The summed E-state index contributed by atoms with van der Waals surface area (Å²) >= 11 is 6.11. The SMILES string of the molecule is C/C=C(\C)[C@@H](O)[C@@H](C)[C@@H]1C/C=C(\C)C(=O)O[C@H](CC(C)C)C(=O)N[C@@H](C)C(=O)N(C)[C@H](Cc2ccc(Cl)cc2)C(=O)N(C)CC(=O)N[C@@H]([C@@H](C)CC)C(=O)N[C@H](C)C(=O)O1. The third-order valence-electron chi connectivity index (χ3n) is 10.9. The summed E-state index contributed by atoms with van der Waals surface area (Å²) in [6.45, 7) is 16.3. The van der Waals surface area contributed by atoms with Crippen molar-refractivity contribution in [1.82, 2.24) is 25.8 Å². The Morgan fingerprint density at radius 3 is 2.08 bits per heavy atom. The van der Waals surface area contributed by atoms with Gasteiger partial charge in [-0.3, -0.25) is 24.0 Å². The summed E-state index contributed by atoms with van der Waals surface area (Å²) < 4.78 is 11.6. The Hall–Kier alpha value is -4.76. The number of rotatable bonds is 9. The van der Waals surface area contributed by atoms with Crippen LogP contribution in [0.4, 0.5) is 0 Å². The summed E-state index contributed by atoms with van der Waals surface area (Å²) in [4.78, 5) is 98.4. The van der Waals surface area contributed by atoms with Gasteiger partial charge in [0.1, 0.15) is 30.3 Å². The third-order valence-corrected chi connectivity index (χ3v) is 11.2. The predicted molar refractivity (Wildman–Crippen MR) is 228 cm³/mol. The van der Waals surface area contributed by atoms with Crippen LogP contribution in [0.2, 0.25) is 5.02 Å². The normalized spacial score (nSPS) is 26.8. The molecule has 0 saturated carbocycles. The minimum absolute atomic E-state index is 0.0312. The Morgan fingerprint density at radius 1 is 0.917 bits per heavy atom. The second kappa shape index (κ2) is 23.9. The summed E-state index contributed by atoms with van der Waals surface area (Å²) in [7, 11) is 2.82. The molecule has 4 N–H and O–H groups in total. The van der Waals surface area contributed by atoms with E-state index in [-0.39, 0.29) is 30.8 Å². The van der Waals surface area contributed by atoms with Crippen molar-refractivity contribution < 1.29 is 48.1 Å². The number of aliphatic hydroxyl groups is 1. The fourth-order valence-electron chi connectivity index (χ4n) is 6.54. The van der Waals surface area contributed by atoms with Gasteiger partial charge in [-0.05, 0) is 76.1 Å². The molecule has 0 radical (unpaired) electrons. The number of cyclic esters (lactones) is 2. The standard InChI is InChI=1S/C44H66ClN5O10/c1-13-25(5)37-40(54)47-30(10)44(58)59-34(28(8)38(52)26(6)14-2)20-15-27(7)43(57)60-35(21-24(3)4)39(53)46-29(9)41(55)50(12)33(22-31-16-18-32(45)19-17-31)42(56)49(11)23-36(51)48-37/h14-19,24-25,28-30,33-35,37-38,52H,13,20-23H2,1-12H3,(H,46,53)(H,47,54)(H,48,51)/b26-14+,27-15+/t25-,28-,29-,30+,33+,34-,35+,37-,38+/m0/s1. The minimum atomic E-state index is -1.29. The van der Waals surface area contributed by atoms with Crippen molar-refractivity contribution in [1.29, 1.82) is 0 Å². The van der Waals surface area contributed by atoms with E-state index in [4.69, 9.17) is 21.1 Å². The highest BCUT2D eigenvalue weighted by atomic mass is 35.5. The average molecular weight is 860 g/mol.